The number of nitrogens with zero attached hydrogens (tertiary/aromatic N) is 2. The second-order valence-electron chi connectivity index (χ2n) is 2.54. The van der Waals surface area contributed by atoms with E-state index >= 15 is 0 Å². The van der Waals surface area contributed by atoms with Gasteiger partial charge in [-0.2, -0.15) is 0 Å². The largest absolute Gasteiger partial charge is 0.333 e. The van der Waals surface area contributed by atoms with Crippen LogP contribution in [0.3, 0.4) is 0 Å². The minimum Gasteiger partial charge on any atom is -0.333 e. The van der Waals surface area contributed by atoms with Crippen LogP contribution >= 0.6 is 12.8 Å². The normalized spacial score (nSPS) is 9.38. The molecule has 0 fully saturated rings. The fourth-order valence-electron chi connectivity index (χ4n) is 0.795. The molecule has 0 radical (unpaired) electrons. The molecule has 0 unspecified atom stereocenters. The summed E-state index contributed by atoms with van der Waals surface area (Å²) < 4.78 is 1.19. The van der Waals surface area contributed by atoms with Gasteiger partial charge >= 0.3 is 6.03 Å². The molecule has 1 aromatic heterocycles. The van der Waals surface area contributed by atoms with Gasteiger partial charge in [-0.25, -0.2) is 4.79 Å². The number of hydrogen-bond acceptors (Lipinski definition) is 3. The SMILES string of the molecule is CN(S)C(=O)NCc1cccnc1. The van der Waals surface area contributed by atoms with Crippen molar-refractivity contribution >= 4 is 18.8 Å². The maximum atomic E-state index is 11.0. The molecular formula is C8H11N3OS. The van der Waals surface area contributed by atoms with E-state index in [0.29, 0.717) is 6.54 Å². The minimum absolute atomic E-state index is 0.229. The first kappa shape index (κ1) is 9.85. The summed E-state index contributed by atoms with van der Waals surface area (Å²) >= 11 is 3.85. The lowest BCUT2D eigenvalue weighted by molar-refractivity contribution is 0.230. The van der Waals surface area contributed by atoms with Gasteiger partial charge in [0.2, 0.25) is 0 Å². The molecule has 4 nitrogen and oxygen atoms in total. The third kappa shape index (κ3) is 3.33. The number of aromatic nitrogens is 1. The summed E-state index contributed by atoms with van der Waals surface area (Å²) in [5.41, 5.74) is 0.964. The van der Waals surface area contributed by atoms with Crippen molar-refractivity contribution in [1.82, 2.24) is 14.6 Å². The van der Waals surface area contributed by atoms with Crippen molar-refractivity contribution in [2.75, 3.05) is 7.05 Å². The Labute approximate surface area is 82.5 Å². The molecule has 0 aliphatic carbocycles. The number of pyridine rings is 1. The monoisotopic (exact) mass is 197 g/mol. The first-order valence-electron chi connectivity index (χ1n) is 3.79. The summed E-state index contributed by atoms with van der Waals surface area (Å²) in [6.07, 6.45) is 3.40. The summed E-state index contributed by atoms with van der Waals surface area (Å²) in [7, 11) is 1.57. The zero-order valence-electron chi connectivity index (χ0n) is 7.27. The van der Waals surface area contributed by atoms with Crippen molar-refractivity contribution in [1.29, 1.82) is 0 Å². The Morgan fingerprint density at radius 2 is 2.54 bits per heavy atom. The van der Waals surface area contributed by atoms with Gasteiger partial charge in [0.05, 0.1) is 0 Å². The molecule has 1 rings (SSSR count). The highest BCUT2D eigenvalue weighted by molar-refractivity contribution is 7.78. The molecule has 0 saturated carbocycles. The van der Waals surface area contributed by atoms with E-state index in [-0.39, 0.29) is 6.03 Å². The van der Waals surface area contributed by atoms with Crippen LogP contribution in [0, 0.1) is 0 Å². The van der Waals surface area contributed by atoms with E-state index in [1.165, 1.54) is 4.31 Å². The Balaban J connectivity index is 2.40. The molecule has 0 aliphatic rings. The second-order valence-corrected chi connectivity index (χ2v) is 3.14. The first-order valence-corrected chi connectivity index (χ1v) is 4.19. The van der Waals surface area contributed by atoms with Crippen molar-refractivity contribution in [2.45, 2.75) is 6.54 Å². The molecule has 0 atom stereocenters. The van der Waals surface area contributed by atoms with Crippen molar-refractivity contribution in [3.05, 3.63) is 30.1 Å². The molecule has 0 spiro atoms. The molecule has 0 aromatic carbocycles. The van der Waals surface area contributed by atoms with Gasteiger partial charge in [-0.1, -0.05) is 18.9 Å². The lowest BCUT2D eigenvalue weighted by Crippen LogP contribution is -2.30. The molecule has 2 amide bonds. The van der Waals surface area contributed by atoms with Gasteiger partial charge in [-0.3, -0.25) is 9.29 Å². The summed E-state index contributed by atoms with van der Waals surface area (Å²) in [5, 5.41) is 2.67. The van der Waals surface area contributed by atoms with E-state index in [1.807, 2.05) is 12.1 Å². The van der Waals surface area contributed by atoms with Gasteiger partial charge in [0.25, 0.3) is 0 Å². The van der Waals surface area contributed by atoms with Gasteiger partial charge < -0.3 is 5.32 Å². The molecule has 0 saturated heterocycles. The molecule has 1 N–H and O–H groups in total. The predicted molar refractivity (Wildman–Crippen MR) is 53.2 cm³/mol. The standard InChI is InChI=1S/C8H11N3OS/c1-11(13)8(12)10-6-7-3-2-4-9-5-7/h2-5,13H,6H2,1H3,(H,10,12). The van der Waals surface area contributed by atoms with E-state index in [9.17, 15) is 4.79 Å². The lowest BCUT2D eigenvalue weighted by Gasteiger charge is -2.09. The average Bonchev–Trinajstić information content (AvgIpc) is 2.15. The van der Waals surface area contributed by atoms with Crippen LogP contribution in [0.1, 0.15) is 5.56 Å². The van der Waals surface area contributed by atoms with Crippen molar-refractivity contribution in [3.63, 3.8) is 0 Å². The van der Waals surface area contributed by atoms with Gasteiger partial charge in [-0.05, 0) is 11.6 Å². The van der Waals surface area contributed by atoms with Crippen molar-refractivity contribution < 1.29 is 4.79 Å². The smallest absolute Gasteiger partial charge is 0.327 e. The van der Waals surface area contributed by atoms with Crippen LogP contribution in [-0.2, 0) is 6.54 Å². The summed E-state index contributed by atoms with van der Waals surface area (Å²) in [6.45, 7) is 0.470. The molecule has 13 heavy (non-hydrogen) atoms. The van der Waals surface area contributed by atoms with E-state index in [2.05, 4.69) is 23.1 Å². The zero-order chi connectivity index (χ0) is 9.68. The number of hydrogen-bond donors (Lipinski definition) is 2. The zero-order valence-corrected chi connectivity index (χ0v) is 8.16. The highest BCUT2D eigenvalue weighted by Gasteiger charge is 2.02. The Morgan fingerprint density at radius 1 is 1.77 bits per heavy atom. The molecule has 0 aliphatic heterocycles. The summed E-state index contributed by atoms with van der Waals surface area (Å²) in [4.78, 5) is 15.0. The van der Waals surface area contributed by atoms with Crippen molar-refractivity contribution in [2.24, 2.45) is 0 Å². The highest BCUT2D eigenvalue weighted by atomic mass is 32.1. The van der Waals surface area contributed by atoms with E-state index in [0.717, 1.165) is 5.56 Å². The second kappa shape index (κ2) is 4.71. The number of amides is 2. The van der Waals surface area contributed by atoms with Crippen molar-refractivity contribution in [3.8, 4) is 0 Å². The van der Waals surface area contributed by atoms with E-state index in [4.69, 9.17) is 0 Å². The molecule has 1 aromatic rings. The Kier molecular flexibility index (Phi) is 3.57. The highest BCUT2D eigenvalue weighted by Crippen LogP contribution is 1.95. The van der Waals surface area contributed by atoms with Crippen LogP contribution in [0.5, 0.6) is 0 Å². The minimum atomic E-state index is -0.229. The number of rotatable bonds is 2. The third-order valence-corrected chi connectivity index (χ3v) is 1.64. The molecular weight excluding hydrogens is 186 g/mol. The maximum Gasteiger partial charge on any atom is 0.327 e. The quantitative estimate of drug-likeness (QED) is 0.696. The summed E-state index contributed by atoms with van der Waals surface area (Å²) in [5.74, 6) is 0. The Morgan fingerprint density at radius 3 is 3.08 bits per heavy atom. The summed E-state index contributed by atoms with van der Waals surface area (Å²) in [6, 6.07) is 3.49. The van der Waals surface area contributed by atoms with Crippen LogP contribution in [0.2, 0.25) is 0 Å². The van der Waals surface area contributed by atoms with Gasteiger partial charge in [0.15, 0.2) is 0 Å². The maximum absolute atomic E-state index is 11.0. The lowest BCUT2D eigenvalue weighted by atomic mass is 10.3. The fraction of sp³-hybridized carbons (Fsp3) is 0.250. The third-order valence-electron chi connectivity index (χ3n) is 1.46. The van der Waals surface area contributed by atoms with Gasteiger partial charge in [0.1, 0.15) is 0 Å². The number of thiol groups is 1. The molecule has 0 bridgehead atoms. The molecule has 70 valence electrons. The topological polar surface area (TPSA) is 45.2 Å². The van der Waals surface area contributed by atoms with Gasteiger partial charge in [0, 0.05) is 26.0 Å². The Bertz CT molecular complexity index is 276. The predicted octanol–water partition coefficient (Wildman–Crippen LogP) is 1.07. The number of urea groups is 1. The molecule has 1 heterocycles. The van der Waals surface area contributed by atoms with E-state index < -0.39 is 0 Å². The first-order chi connectivity index (χ1) is 6.20. The Hall–Kier alpha value is -1.23. The number of carbonyl (C=O) groups is 1. The van der Waals surface area contributed by atoms with Crippen LogP contribution in [-0.4, -0.2) is 22.4 Å². The number of carbonyl (C=O) groups excluding carboxylic acids is 1. The van der Waals surface area contributed by atoms with Crippen LogP contribution in [0.25, 0.3) is 0 Å². The van der Waals surface area contributed by atoms with Crippen LogP contribution in [0.15, 0.2) is 24.5 Å². The molecule has 5 heteroatoms. The van der Waals surface area contributed by atoms with Crippen LogP contribution < -0.4 is 5.32 Å². The average molecular weight is 197 g/mol. The number of nitrogens with one attached hydrogen (secondary N) is 1. The van der Waals surface area contributed by atoms with Gasteiger partial charge in [-0.15, -0.1) is 0 Å². The fourth-order valence-corrected chi connectivity index (χ4v) is 0.865. The van der Waals surface area contributed by atoms with Crippen LogP contribution in [0.4, 0.5) is 4.79 Å². The van der Waals surface area contributed by atoms with E-state index in [1.54, 1.807) is 19.4 Å².